The van der Waals surface area contributed by atoms with E-state index in [0.717, 1.165) is 19.4 Å². The van der Waals surface area contributed by atoms with Crippen molar-refractivity contribution in [2.45, 2.75) is 59.0 Å². The van der Waals surface area contributed by atoms with Crippen LogP contribution in [0.2, 0.25) is 0 Å². The topological polar surface area (TPSA) is 69.6 Å². The van der Waals surface area contributed by atoms with Gasteiger partial charge in [0.25, 0.3) is 0 Å². The highest BCUT2D eigenvalue weighted by Gasteiger charge is 2.32. The second kappa shape index (κ2) is 6.78. The van der Waals surface area contributed by atoms with Crippen molar-refractivity contribution in [3.05, 3.63) is 0 Å². The number of likely N-dealkylation sites (tertiary alicyclic amines) is 1. The third-order valence-corrected chi connectivity index (χ3v) is 3.63. The van der Waals surface area contributed by atoms with Crippen molar-refractivity contribution in [2.24, 2.45) is 11.8 Å². The number of carbonyl (C=O) groups excluding carboxylic acids is 1. The molecule has 1 aliphatic heterocycles. The first-order chi connectivity index (χ1) is 8.82. The van der Waals surface area contributed by atoms with E-state index in [1.54, 1.807) is 4.90 Å². The van der Waals surface area contributed by atoms with Gasteiger partial charge in [0.1, 0.15) is 6.04 Å². The largest absolute Gasteiger partial charge is 0.480 e. The first-order valence-electron chi connectivity index (χ1n) is 7.12. The Bertz CT molecular complexity index is 329. The lowest BCUT2D eigenvalue weighted by molar-refractivity contribution is -0.139. The summed E-state index contributed by atoms with van der Waals surface area (Å²) in [6.07, 6.45) is 2.46. The first kappa shape index (κ1) is 15.8. The van der Waals surface area contributed by atoms with E-state index in [0.29, 0.717) is 12.3 Å². The van der Waals surface area contributed by atoms with Crippen LogP contribution in [-0.2, 0) is 4.79 Å². The Labute approximate surface area is 115 Å². The molecule has 0 spiro atoms. The van der Waals surface area contributed by atoms with Crippen molar-refractivity contribution in [1.29, 1.82) is 0 Å². The maximum absolute atomic E-state index is 12.2. The molecule has 5 nitrogen and oxygen atoms in total. The van der Waals surface area contributed by atoms with Crippen LogP contribution in [0.4, 0.5) is 4.79 Å². The average molecular weight is 270 g/mol. The Kier molecular flexibility index (Phi) is 5.63. The number of amides is 2. The molecule has 0 bridgehead atoms. The van der Waals surface area contributed by atoms with Gasteiger partial charge in [-0.2, -0.15) is 0 Å². The predicted octanol–water partition coefficient (Wildman–Crippen LogP) is 2.32. The number of rotatable bonds is 5. The Hall–Kier alpha value is -1.26. The highest BCUT2D eigenvalue weighted by Crippen LogP contribution is 2.23. The van der Waals surface area contributed by atoms with Crippen molar-refractivity contribution in [3.63, 3.8) is 0 Å². The first-order valence-corrected chi connectivity index (χ1v) is 7.12. The van der Waals surface area contributed by atoms with E-state index in [-0.39, 0.29) is 18.0 Å². The molecular formula is C14H26N2O3. The van der Waals surface area contributed by atoms with Crippen molar-refractivity contribution >= 4 is 12.0 Å². The number of carboxylic acids is 1. The van der Waals surface area contributed by atoms with E-state index in [2.05, 4.69) is 19.2 Å². The monoisotopic (exact) mass is 270 g/mol. The van der Waals surface area contributed by atoms with E-state index in [1.807, 2.05) is 13.8 Å². The molecule has 1 aliphatic rings. The van der Waals surface area contributed by atoms with Crippen LogP contribution in [0.5, 0.6) is 0 Å². The van der Waals surface area contributed by atoms with Gasteiger partial charge in [-0.15, -0.1) is 0 Å². The second-order valence-electron chi connectivity index (χ2n) is 6.12. The molecule has 2 amide bonds. The molecule has 0 radical (unpaired) electrons. The van der Waals surface area contributed by atoms with Crippen LogP contribution in [-0.4, -0.2) is 40.6 Å². The fourth-order valence-electron chi connectivity index (χ4n) is 2.66. The van der Waals surface area contributed by atoms with Gasteiger partial charge in [-0.1, -0.05) is 27.7 Å². The minimum Gasteiger partial charge on any atom is -0.480 e. The molecule has 1 fully saturated rings. The SMILES string of the molecule is CC(C)C[C@@H](NC(=O)N1CCCC1C(C)C)C(=O)O. The minimum atomic E-state index is -0.956. The number of hydrogen-bond acceptors (Lipinski definition) is 2. The fraction of sp³-hybridized carbons (Fsp3) is 0.857. The van der Waals surface area contributed by atoms with Crippen molar-refractivity contribution in [3.8, 4) is 0 Å². The van der Waals surface area contributed by atoms with Gasteiger partial charge in [-0.05, 0) is 31.1 Å². The molecule has 2 atom stereocenters. The predicted molar refractivity (Wildman–Crippen MR) is 74.0 cm³/mol. The molecule has 110 valence electrons. The van der Waals surface area contributed by atoms with Crippen molar-refractivity contribution in [1.82, 2.24) is 10.2 Å². The van der Waals surface area contributed by atoms with Gasteiger partial charge in [0, 0.05) is 12.6 Å². The summed E-state index contributed by atoms with van der Waals surface area (Å²) >= 11 is 0. The van der Waals surface area contributed by atoms with Crippen molar-refractivity contribution in [2.75, 3.05) is 6.54 Å². The van der Waals surface area contributed by atoms with Crippen LogP contribution < -0.4 is 5.32 Å². The van der Waals surface area contributed by atoms with E-state index < -0.39 is 12.0 Å². The average Bonchev–Trinajstić information content (AvgIpc) is 2.76. The zero-order valence-corrected chi connectivity index (χ0v) is 12.3. The zero-order valence-electron chi connectivity index (χ0n) is 12.3. The van der Waals surface area contributed by atoms with Gasteiger partial charge in [0.15, 0.2) is 0 Å². The van der Waals surface area contributed by atoms with Crippen LogP contribution in [0, 0.1) is 11.8 Å². The molecule has 1 rings (SSSR count). The van der Waals surface area contributed by atoms with Crippen LogP contribution >= 0.6 is 0 Å². The minimum absolute atomic E-state index is 0.230. The number of carbonyl (C=O) groups is 2. The Morgan fingerprint density at radius 3 is 2.42 bits per heavy atom. The third kappa shape index (κ3) is 4.40. The summed E-state index contributed by atoms with van der Waals surface area (Å²) in [5.41, 5.74) is 0. The Morgan fingerprint density at radius 2 is 1.95 bits per heavy atom. The molecule has 19 heavy (non-hydrogen) atoms. The van der Waals surface area contributed by atoms with Crippen LogP contribution in [0.25, 0.3) is 0 Å². The van der Waals surface area contributed by atoms with Gasteiger partial charge in [-0.25, -0.2) is 9.59 Å². The maximum Gasteiger partial charge on any atom is 0.326 e. The molecule has 5 heteroatoms. The van der Waals surface area contributed by atoms with Gasteiger partial charge < -0.3 is 15.3 Å². The number of nitrogens with one attached hydrogen (secondary N) is 1. The fourth-order valence-corrected chi connectivity index (χ4v) is 2.66. The van der Waals surface area contributed by atoms with Crippen LogP contribution in [0.3, 0.4) is 0 Å². The summed E-state index contributed by atoms with van der Waals surface area (Å²) in [7, 11) is 0. The van der Waals surface area contributed by atoms with Crippen molar-refractivity contribution < 1.29 is 14.7 Å². The van der Waals surface area contributed by atoms with E-state index in [4.69, 9.17) is 5.11 Å². The molecular weight excluding hydrogens is 244 g/mol. The summed E-state index contributed by atoms with van der Waals surface area (Å²) in [6, 6.07) is -0.793. The molecule has 1 unspecified atom stereocenters. The standard InChI is InChI=1S/C14H26N2O3/c1-9(2)8-11(13(17)18)15-14(19)16-7-5-6-12(16)10(3)4/h9-12H,5-8H2,1-4H3,(H,15,19)(H,17,18)/t11-,12?/m1/s1. The van der Waals surface area contributed by atoms with E-state index in [9.17, 15) is 9.59 Å². The molecule has 0 aromatic heterocycles. The quantitative estimate of drug-likeness (QED) is 0.805. The van der Waals surface area contributed by atoms with Gasteiger partial charge >= 0.3 is 12.0 Å². The van der Waals surface area contributed by atoms with Crippen LogP contribution in [0.1, 0.15) is 47.0 Å². The number of hydrogen-bond donors (Lipinski definition) is 2. The molecule has 0 saturated carbocycles. The van der Waals surface area contributed by atoms with E-state index in [1.165, 1.54) is 0 Å². The highest BCUT2D eigenvalue weighted by atomic mass is 16.4. The normalized spacial score (nSPS) is 20.9. The lowest BCUT2D eigenvalue weighted by Gasteiger charge is -2.29. The molecule has 0 aromatic carbocycles. The van der Waals surface area contributed by atoms with Gasteiger partial charge in [0.2, 0.25) is 0 Å². The lowest BCUT2D eigenvalue weighted by atomic mass is 10.0. The highest BCUT2D eigenvalue weighted by molar-refractivity contribution is 5.82. The summed E-state index contributed by atoms with van der Waals surface area (Å²) in [5, 5.41) is 11.8. The summed E-state index contributed by atoms with van der Waals surface area (Å²) in [4.78, 5) is 25.2. The van der Waals surface area contributed by atoms with E-state index >= 15 is 0 Å². The lowest BCUT2D eigenvalue weighted by Crippen LogP contribution is -2.50. The maximum atomic E-state index is 12.2. The second-order valence-corrected chi connectivity index (χ2v) is 6.12. The number of urea groups is 1. The number of aliphatic carboxylic acids is 1. The smallest absolute Gasteiger partial charge is 0.326 e. The molecule has 1 heterocycles. The summed E-state index contributed by atoms with van der Waals surface area (Å²) in [6.45, 7) is 8.82. The summed E-state index contributed by atoms with van der Waals surface area (Å²) in [5.74, 6) is -0.315. The molecule has 2 N–H and O–H groups in total. The molecule has 1 saturated heterocycles. The molecule has 0 aromatic rings. The Morgan fingerprint density at radius 1 is 1.32 bits per heavy atom. The third-order valence-electron chi connectivity index (χ3n) is 3.63. The van der Waals surface area contributed by atoms with Gasteiger partial charge in [0.05, 0.1) is 0 Å². The zero-order chi connectivity index (χ0) is 14.6. The summed E-state index contributed by atoms with van der Waals surface area (Å²) < 4.78 is 0. The molecule has 0 aliphatic carbocycles. The number of carboxylic acid groups (broad SMARTS) is 1. The number of nitrogens with zero attached hydrogens (tertiary/aromatic N) is 1. The Balaban J connectivity index is 2.63. The van der Waals surface area contributed by atoms with Crippen LogP contribution in [0.15, 0.2) is 0 Å². The van der Waals surface area contributed by atoms with Gasteiger partial charge in [-0.3, -0.25) is 0 Å².